The van der Waals surface area contributed by atoms with Crippen molar-refractivity contribution in [2.75, 3.05) is 5.32 Å². The Balaban J connectivity index is 2.04. The molecule has 17 heavy (non-hydrogen) atoms. The number of hydrogen-bond acceptors (Lipinski definition) is 4. The highest BCUT2D eigenvalue weighted by atomic mass is 79.9. The lowest BCUT2D eigenvalue weighted by Gasteiger charge is -2.05. The summed E-state index contributed by atoms with van der Waals surface area (Å²) in [6, 6.07) is 4.62. The second-order valence-electron chi connectivity index (χ2n) is 3.46. The molecule has 0 saturated carbocycles. The van der Waals surface area contributed by atoms with Crippen LogP contribution in [0.2, 0.25) is 0 Å². The van der Waals surface area contributed by atoms with Crippen molar-refractivity contribution in [2.24, 2.45) is 0 Å². The van der Waals surface area contributed by atoms with Crippen molar-refractivity contribution in [1.29, 1.82) is 0 Å². The van der Waals surface area contributed by atoms with E-state index in [2.05, 4.69) is 30.6 Å². The quantitative estimate of drug-likeness (QED) is 0.936. The molecule has 1 aromatic heterocycles. The lowest BCUT2D eigenvalue weighted by Crippen LogP contribution is -2.00. The molecule has 0 bridgehead atoms. The number of aryl methyl sites for hydroxylation is 1. The molecule has 6 heteroatoms. The van der Waals surface area contributed by atoms with E-state index in [0.29, 0.717) is 6.54 Å². The summed E-state index contributed by atoms with van der Waals surface area (Å²) in [5.41, 5.74) is 0.859. The molecule has 0 radical (unpaired) electrons. The third-order valence-electron chi connectivity index (χ3n) is 2.22. The van der Waals surface area contributed by atoms with Crippen molar-refractivity contribution < 1.29 is 4.39 Å². The van der Waals surface area contributed by atoms with Crippen LogP contribution in [-0.2, 0) is 13.0 Å². The third kappa shape index (κ3) is 3.23. The monoisotopic (exact) mass is 315 g/mol. The zero-order chi connectivity index (χ0) is 12.3. The van der Waals surface area contributed by atoms with Gasteiger partial charge in [0.15, 0.2) is 0 Å². The van der Waals surface area contributed by atoms with Gasteiger partial charge in [-0.3, -0.25) is 0 Å². The van der Waals surface area contributed by atoms with Gasteiger partial charge in [0.25, 0.3) is 0 Å². The Bertz CT molecular complexity index is 515. The first-order chi connectivity index (χ1) is 8.19. The molecule has 3 nitrogen and oxygen atoms in total. The molecule has 1 heterocycles. The van der Waals surface area contributed by atoms with Gasteiger partial charge in [-0.15, -0.1) is 0 Å². The number of benzene rings is 1. The summed E-state index contributed by atoms with van der Waals surface area (Å²) >= 11 is 4.71. The molecule has 2 rings (SSSR count). The van der Waals surface area contributed by atoms with E-state index in [-0.39, 0.29) is 5.82 Å². The topological polar surface area (TPSA) is 37.8 Å². The molecular weight excluding hydrogens is 305 g/mol. The fourth-order valence-corrected chi connectivity index (χ4v) is 2.35. The van der Waals surface area contributed by atoms with E-state index in [1.165, 1.54) is 23.7 Å². The Morgan fingerprint density at radius 3 is 3.00 bits per heavy atom. The van der Waals surface area contributed by atoms with Crippen molar-refractivity contribution in [1.82, 2.24) is 9.36 Å². The Morgan fingerprint density at radius 2 is 2.29 bits per heavy atom. The number of nitrogens with one attached hydrogen (secondary N) is 1. The smallest absolute Gasteiger partial charge is 0.202 e. The van der Waals surface area contributed by atoms with Gasteiger partial charge >= 0.3 is 0 Å². The number of rotatable bonds is 4. The summed E-state index contributed by atoms with van der Waals surface area (Å²) in [7, 11) is 0. The summed E-state index contributed by atoms with van der Waals surface area (Å²) in [5.74, 6) is 0.590. The number of nitrogens with zero attached hydrogens (tertiary/aromatic N) is 2. The lowest BCUT2D eigenvalue weighted by molar-refractivity contribution is 0.625. The van der Waals surface area contributed by atoms with Gasteiger partial charge in [-0.1, -0.05) is 22.9 Å². The first-order valence-corrected chi connectivity index (χ1v) is 6.76. The van der Waals surface area contributed by atoms with Crippen LogP contribution in [-0.4, -0.2) is 9.36 Å². The molecule has 0 aliphatic heterocycles. The minimum atomic E-state index is -0.239. The minimum Gasteiger partial charge on any atom is -0.356 e. The van der Waals surface area contributed by atoms with E-state index >= 15 is 0 Å². The maximum Gasteiger partial charge on any atom is 0.202 e. The Kier molecular flexibility index (Phi) is 4.06. The Hall–Kier alpha value is -1.01. The number of halogens is 2. The lowest BCUT2D eigenvalue weighted by atomic mass is 10.2. The summed E-state index contributed by atoms with van der Waals surface area (Å²) < 4.78 is 18.1. The highest BCUT2D eigenvalue weighted by Gasteiger charge is 2.04. The second kappa shape index (κ2) is 5.55. The van der Waals surface area contributed by atoms with Gasteiger partial charge in [0, 0.05) is 29.0 Å². The molecule has 2 aromatic rings. The van der Waals surface area contributed by atoms with Crippen LogP contribution in [0.1, 0.15) is 18.3 Å². The van der Waals surface area contributed by atoms with Crippen molar-refractivity contribution in [2.45, 2.75) is 19.9 Å². The molecule has 0 spiro atoms. The minimum absolute atomic E-state index is 0.239. The highest BCUT2D eigenvalue weighted by molar-refractivity contribution is 9.10. The van der Waals surface area contributed by atoms with Crippen LogP contribution < -0.4 is 5.32 Å². The summed E-state index contributed by atoms with van der Waals surface area (Å²) in [6.07, 6.45) is 0.821. The molecule has 0 unspecified atom stereocenters. The average molecular weight is 316 g/mol. The van der Waals surface area contributed by atoms with Crippen molar-refractivity contribution in [3.8, 4) is 0 Å². The zero-order valence-electron chi connectivity index (χ0n) is 9.20. The largest absolute Gasteiger partial charge is 0.356 e. The maximum absolute atomic E-state index is 13.1. The Morgan fingerprint density at radius 1 is 1.47 bits per heavy atom. The van der Waals surface area contributed by atoms with Gasteiger partial charge < -0.3 is 5.32 Å². The molecule has 0 saturated heterocycles. The highest BCUT2D eigenvalue weighted by Crippen LogP contribution is 2.20. The summed E-state index contributed by atoms with van der Waals surface area (Å²) in [4.78, 5) is 4.28. The van der Waals surface area contributed by atoms with Crippen LogP contribution in [0.3, 0.4) is 0 Å². The third-order valence-corrected chi connectivity index (χ3v) is 3.71. The van der Waals surface area contributed by atoms with Gasteiger partial charge in [0.05, 0.1) is 0 Å². The van der Waals surface area contributed by atoms with Crippen LogP contribution in [0, 0.1) is 5.82 Å². The van der Waals surface area contributed by atoms with Gasteiger partial charge in [-0.25, -0.2) is 9.37 Å². The first-order valence-electron chi connectivity index (χ1n) is 5.19. The van der Waals surface area contributed by atoms with Gasteiger partial charge in [-0.2, -0.15) is 4.37 Å². The van der Waals surface area contributed by atoms with Gasteiger partial charge in [0.2, 0.25) is 5.13 Å². The predicted octanol–water partition coefficient (Wildman–Crippen LogP) is 3.61. The molecular formula is C11H11BrFN3S. The van der Waals surface area contributed by atoms with E-state index in [4.69, 9.17) is 0 Å². The zero-order valence-corrected chi connectivity index (χ0v) is 11.6. The molecule has 0 aliphatic rings. The van der Waals surface area contributed by atoms with Crippen LogP contribution >= 0.6 is 27.5 Å². The molecule has 0 atom stereocenters. The van der Waals surface area contributed by atoms with Crippen LogP contribution in [0.5, 0.6) is 0 Å². The number of anilines is 1. The average Bonchev–Trinajstić information content (AvgIpc) is 2.78. The normalized spacial score (nSPS) is 10.5. The van der Waals surface area contributed by atoms with Crippen LogP contribution in [0.15, 0.2) is 22.7 Å². The standard InChI is InChI=1S/C11H11BrFN3S/c1-2-10-15-11(17-16-10)14-6-7-5-8(13)3-4-9(7)12/h3-5H,2,6H2,1H3,(H,14,15,16). The molecule has 1 aromatic carbocycles. The predicted molar refractivity (Wildman–Crippen MR) is 70.7 cm³/mol. The second-order valence-corrected chi connectivity index (χ2v) is 5.06. The van der Waals surface area contributed by atoms with E-state index in [9.17, 15) is 4.39 Å². The molecule has 90 valence electrons. The van der Waals surface area contributed by atoms with Crippen molar-refractivity contribution in [3.05, 3.63) is 39.9 Å². The van der Waals surface area contributed by atoms with Crippen molar-refractivity contribution in [3.63, 3.8) is 0 Å². The van der Waals surface area contributed by atoms with Crippen LogP contribution in [0.4, 0.5) is 9.52 Å². The number of hydrogen-bond donors (Lipinski definition) is 1. The summed E-state index contributed by atoms with van der Waals surface area (Å²) in [6.45, 7) is 2.53. The Labute approximate surface area is 111 Å². The van der Waals surface area contributed by atoms with Crippen molar-refractivity contribution >= 4 is 32.6 Å². The fourth-order valence-electron chi connectivity index (χ4n) is 1.32. The molecule has 0 fully saturated rings. The number of aromatic nitrogens is 2. The van der Waals surface area contributed by atoms with E-state index < -0.39 is 0 Å². The van der Waals surface area contributed by atoms with Gasteiger partial charge in [0.1, 0.15) is 11.6 Å². The SMILES string of the molecule is CCc1nsc(NCc2cc(F)ccc2Br)n1. The van der Waals surface area contributed by atoms with Gasteiger partial charge in [-0.05, 0) is 23.8 Å². The molecule has 0 aliphatic carbocycles. The maximum atomic E-state index is 13.1. The molecule has 0 amide bonds. The fraction of sp³-hybridized carbons (Fsp3) is 0.273. The van der Waals surface area contributed by atoms with Crippen LogP contribution in [0.25, 0.3) is 0 Å². The summed E-state index contributed by atoms with van der Waals surface area (Å²) in [5, 5.41) is 3.89. The van der Waals surface area contributed by atoms with E-state index in [0.717, 1.165) is 27.4 Å². The first kappa shape index (κ1) is 12.4. The van der Waals surface area contributed by atoms with E-state index in [1.807, 2.05) is 6.92 Å². The van der Waals surface area contributed by atoms with E-state index in [1.54, 1.807) is 6.07 Å². The molecule has 1 N–H and O–H groups in total.